The lowest BCUT2D eigenvalue weighted by Crippen LogP contribution is -2.31. The summed E-state index contributed by atoms with van der Waals surface area (Å²) >= 11 is 0. The van der Waals surface area contributed by atoms with Gasteiger partial charge in [-0.1, -0.05) is 0 Å². The number of fused-ring (bicyclic) bond motifs is 3. The van der Waals surface area contributed by atoms with E-state index in [1.165, 1.54) is 26.2 Å². The summed E-state index contributed by atoms with van der Waals surface area (Å²) < 4.78 is 54.2. The number of carbonyl (C=O) groups is 1. The fourth-order valence-corrected chi connectivity index (χ4v) is 3.44. The first-order valence-corrected chi connectivity index (χ1v) is 9.35. The Bertz CT molecular complexity index is 1370. The summed E-state index contributed by atoms with van der Waals surface area (Å²) in [6, 6.07) is 0.930. The highest BCUT2D eigenvalue weighted by atomic mass is 19.4. The maximum atomic E-state index is 14.3. The molecule has 1 amide bonds. The molecular weight excluding hydrogens is 430 g/mol. The number of carbonyl (C=O) groups excluding carboxylic acids is 1. The molecule has 0 fully saturated rings. The first kappa shape index (κ1) is 21.4. The molecule has 1 atom stereocenters. The summed E-state index contributed by atoms with van der Waals surface area (Å²) in [7, 11) is 3.10. The first-order chi connectivity index (χ1) is 15.0. The molecule has 12 heteroatoms. The Kier molecular flexibility index (Phi) is 4.94. The molecule has 0 aliphatic carbocycles. The zero-order valence-electron chi connectivity index (χ0n) is 17.1. The number of halogens is 4. The van der Waals surface area contributed by atoms with E-state index in [1.807, 2.05) is 0 Å². The average molecular weight is 447 g/mol. The highest BCUT2D eigenvalue weighted by Crippen LogP contribution is 2.32. The lowest BCUT2D eigenvalue weighted by molar-refractivity contribution is -0.138. The Labute approximate surface area is 178 Å². The molecular formula is C20H17F4N7O. The molecule has 4 heterocycles. The molecule has 0 saturated heterocycles. The molecule has 0 unspecified atom stereocenters. The topological polar surface area (TPSA) is 103 Å². The maximum Gasteiger partial charge on any atom is 0.417 e. The van der Waals surface area contributed by atoms with Gasteiger partial charge in [0.2, 0.25) is 0 Å². The predicted molar refractivity (Wildman–Crippen MR) is 108 cm³/mol. The van der Waals surface area contributed by atoms with Crippen molar-refractivity contribution in [3.63, 3.8) is 0 Å². The van der Waals surface area contributed by atoms with Gasteiger partial charge in [0.05, 0.1) is 35.2 Å². The van der Waals surface area contributed by atoms with Gasteiger partial charge in [0.25, 0.3) is 5.91 Å². The van der Waals surface area contributed by atoms with E-state index in [0.717, 1.165) is 4.90 Å². The van der Waals surface area contributed by atoms with E-state index in [2.05, 4.69) is 20.1 Å². The minimum atomic E-state index is -4.72. The Balaban J connectivity index is 1.69. The monoisotopic (exact) mass is 447 g/mol. The molecule has 166 valence electrons. The highest BCUT2D eigenvalue weighted by Gasteiger charge is 2.33. The van der Waals surface area contributed by atoms with Crippen LogP contribution in [0.5, 0.6) is 0 Å². The predicted octanol–water partition coefficient (Wildman–Crippen LogP) is 3.48. The Morgan fingerprint density at radius 2 is 1.88 bits per heavy atom. The van der Waals surface area contributed by atoms with E-state index in [9.17, 15) is 22.4 Å². The van der Waals surface area contributed by atoms with E-state index >= 15 is 0 Å². The second-order valence-electron chi connectivity index (χ2n) is 7.30. The second-order valence-corrected chi connectivity index (χ2v) is 7.30. The van der Waals surface area contributed by atoms with Crippen molar-refractivity contribution in [1.82, 2.24) is 29.6 Å². The zero-order chi connectivity index (χ0) is 23.4. The van der Waals surface area contributed by atoms with Crippen LogP contribution in [0, 0.1) is 5.82 Å². The first-order valence-electron chi connectivity index (χ1n) is 9.35. The van der Waals surface area contributed by atoms with E-state index in [0.29, 0.717) is 34.1 Å². The van der Waals surface area contributed by atoms with E-state index < -0.39 is 29.5 Å². The van der Waals surface area contributed by atoms with Crippen molar-refractivity contribution in [2.45, 2.75) is 19.1 Å². The number of hydrogen-bond acceptors (Lipinski definition) is 6. The number of nitrogens with two attached hydrogens (primary N) is 1. The SMILES string of the molecule is C[C@H](c1ncc(C(F)(F)F)cc1F)N(C)C(=O)c1cc2c(cn1)nc(N)c1c2cnn1C. The summed E-state index contributed by atoms with van der Waals surface area (Å²) in [6.07, 6.45) is -1.20. The van der Waals surface area contributed by atoms with E-state index in [4.69, 9.17) is 5.73 Å². The number of pyridine rings is 3. The number of amides is 1. The van der Waals surface area contributed by atoms with E-state index in [1.54, 1.807) is 17.9 Å². The fourth-order valence-electron chi connectivity index (χ4n) is 3.44. The van der Waals surface area contributed by atoms with Crippen molar-refractivity contribution >= 4 is 33.5 Å². The lowest BCUT2D eigenvalue weighted by Gasteiger charge is -2.25. The number of rotatable bonds is 3. The normalized spacial score (nSPS) is 13.0. The number of nitrogen functional groups attached to an aromatic ring is 1. The molecule has 4 aromatic heterocycles. The van der Waals surface area contributed by atoms with Gasteiger partial charge in [-0.25, -0.2) is 14.4 Å². The Morgan fingerprint density at radius 3 is 2.53 bits per heavy atom. The quantitative estimate of drug-likeness (QED) is 0.483. The number of hydrogen-bond donors (Lipinski definition) is 1. The molecule has 4 aromatic rings. The highest BCUT2D eigenvalue weighted by molar-refractivity contribution is 6.09. The molecule has 4 rings (SSSR count). The molecule has 0 saturated carbocycles. The van der Waals surface area contributed by atoms with Crippen molar-refractivity contribution in [3.05, 3.63) is 53.5 Å². The smallest absolute Gasteiger partial charge is 0.382 e. The number of aromatic nitrogens is 5. The van der Waals surface area contributed by atoms with Gasteiger partial charge in [-0.05, 0) is 19.1 Å². The summed E-state index contributed by atoms with van der Waals surface area (Å²) in [4.78, 5) is 26.2. The summed E-state index contributed by atoms with van der Waals surface area (Å²) in [5, 5.41) is 5.45. The van der Waals surface area contributed by atoms with Crippen LogP contribution in [-0.2, 0) is 13.2 Å². The van der Waals surface area contributed by atoms with E-state index in [-0.39, 0.29) is 17.2 Å². The van der Waals surface area contributed by atoms with Crippen LogP contribution in [-0.4, -0.2) is 42.6 Å². The number of anilines is 1. The number of nitrogens with zero attached hydrogens (tertiary/aromatic N) is 6. The molecule has 0 spiro atoms. The van der Waals surface area contributed by atoms with Crippen LogP contribution in [0.4, 0.5) is 23.4 Å². The van der Waals surface area contributed by atoms with Gasteiger partial charge in [0.1, 0.15) is 22.8 Å². The Morgan fingerprint density at radius 1 is 1.16 bits per heavy atom. The van der Waals surface area contributed by atoms with Crippen molar-refractivity contribution in [2.24, 2.45) is 7.05 Å². The van der Waals surface area contributed by atoms with Crippen LogP contribution in [0.25, 0.3) is 21.8 Å². The van der Waals surface area contributed by atoms with Gasteiger partial charge >= 0.3 is 6.18 Å². The van der Waals surface area contributed by atoms with Gasteiger partial charge in [0.15, 0.2) is 0 Å². The fraction of sp³-hybridized carbons (Fsp3) is 0.250. The van der Waals surface area contributed by atoms with Crippen LogP contribution in [0.1, 0.15) is 34.7 Å². The van der Waals surface area contributed by atoms with Crippen LogP contribution >= 0.6 is 0 Å². The molecule has 32 heavy (non-hydrogen) atoms. The summed E-state index contributed by atoms with van der Waals surface area (Å²) in [5.74, 6) is -1.47. The minimum absolute atomic E-state index is 0.0379. The third-order valence-corrected chi connectivity index (χ3v) is 5.31. The Hall–Kier alpha value is -3.83. The molecule has 0 aromatic carbocycles. The third-order valence-electron chi connectivity index (χ3n) is 5.31. The second kappa shape index (κ2) is 7.39. The van der Waals surface area contributed by atoms with Gasteiger partial charge in [-0.15, -0.1) is 0 Å². The van der Waals surface area contributed by atoms with Crippen LogP contribution in [0.15, 0.2) is 30.7 Å². The zero-order valence-corrected chi connectivity index (χ0v) is 17.1. The molecule has 0 bridgehead atoms. The summed E-state index contributed by atoms with van der Waals surface area (Å²) in [6.45, 7) is 1.46. The van der Waals surface area contributed by atoms with Crippen molar-refractivity contribution < 1.29 is 22.4 Å². The van der Waals surface area contributed by atoms with Gasteiger partial charge in [-0.3, -0.25) is 14.5 Å². The number of alkyl halides is 3. The molecule has 8 nitrogen and oxygen atoms in total. The standard InChI is InChI=1S/C20H17F4N7O/c1-9(16-13(21)4-10(6-27-16)20(22,23)24)30(2)19(32)14-5-11-12-7-28-31(3)17(12)18(25)29-15(11)8-26-14/h4-9H,1-3H3,(H2,25,29)/t9-/m1/s1. The largest absolute Gasteiger partial charge is 0.417 e. The van der Waals surface area contributed by atoms with Gasteiger partial charge in [-0.2, -0.15) is 18.3 Å². The summed E-state index contributed by atoms with van der Waals surface area (Å²) in [5.41, 5.74) is 5.58. The van der Waals surface area contributed by atoms with Gasteiger partial charge < -0.3 is 10.6 Å². The van der Waals surface area contributed by atoms with Crippen LogP contribution in [0.2, 0.25) is 0 Å². The minimum Gasteiger partial charge on any atom is -0.382 e. The number of aryl methyl sites for hydroxylation is 1. The van der Waals surface area contributed by atoms with Gasteiger partial charge in [0, 0.05) is 31.1 Å². The van der Waals surface area contributed by atoms with Crippen LogP contribution < -0.4 is 5.73 Å². The molecule has 2 N–H and O–H groups in total. The maximum absolute atomic E-state index is 14.3. The van der Waals surface area contributed by atoms with Crippen molar-refractivity contribution in [3.8, 4) is 0 Å². The van der Waals surface area contributed by atoms with Crippen LogP contribution in [0.3, 0.4) is 0 Å². The average Bonchev–Trinajstić information content (AvgIpc) is 3.14. The molecule has 0 aliphatic heterocycles. The van der Waals surface area contributed by atoms with Crippen molar-refractivity contribution in [1.29, 1.82) is 0 Å². The molecule has 0 radical (unpaired) electrons. The molecule has 0 aliphatic rings. The van der Waals surface area contributed by atoms with Crippen molar-refractivity contribution in [2.75, 3.05) is 12.8 Å². The third kappa shape index (κ3) is 3.47. The lowest BCUT2D eigenvalue weighted by atomic mass is 10.1.